The maximum atomic E-state index is 13.1. The minimum absolute atomic E-state index is 0.113. The van der Waals surface area contributed by atoms with Gasteiger partial charge in [0.1, 0.15) is 11.3 Å². The van der Waals surface area contributed by atoms with Gasteiger partial charge in [0.25, 0.3) is 5.91 Å². The highest BCUT2D eigenvalue weighted by atomic mass is 16.5. The van der Waals surface area contributed by atoms with Crippen molar-refractivity contribution in [1.29, 1.82) is 0 Å². The molecule has 9 nitrogen and oxygen atoms in total. The third-order valence-electron chi connectivity index (χ3n) is 4.84. The molecule has 1 aliphatic heterocycles. The molecular weight excluding hydrogens is 336 g/mol. The van der Waals surface area contributed by atoms with Crippen LogP contribution in [0.2, 0.25) is 0 Å². The first kappa shape index (κ1) is 16.5. The minimum Gasteiger partial charge on any atom is -0.380 e. The highest BCUT2D eigenvalue weighted by Gasteiger charge is 2.40. The number of hydrogen-bond donors (Lipinski definition) is 1. The average Bonchev–Trinajstić information content (AvgIpc) is 3.36. The lowest BCUT2D eigenvalue weighted by molar-refractivity contribution is 0.0677. The number of aromatic nitrogens is 5. The van der Waals surface area contributed by atoms with Gasteiger partial charge in [0.05, 0.1) is 12.1 Å². The Morgan fingerprint density at radius 3 is 3.00 bits per heavy atom. The molecular formula is C17H20N6O3. The van der Waals surface area contributed by atoms with E-state index in [2.05, 4.69) is 15.2 Å². The lowest BCUT2D eigenvalue weighted by Crippen LogP contribution is -2.34. The number of fused-ring (bicyclic) bond motifs is 1. The SMILES string of the molecule is CCn1c([C@@H]2C[C@H](OC)CN2C(=O)c2cn3ccccc3n2)n[nH]c1=O. The number of hydrogen-bond acceptors (Lipinski definition) is 5. The lowest BCUT2D eigenvalue weighted by atomic mass is 10.2. The average molecular weight is 356 g/mol. The van der Waals surface area contributed by atoms with Gasteiger partial charge in [-0.25, -0.2) is 14.9 Å². The maximum Gasteiger partial charge on any atom is 0.343 e. The summed E-state index contributed by atoms with van der Waals surface area (Å²) in [6, 6.07) is 5.27. The molecule has 0 saturated carbocycles. The van der Waals surface area contributed by atoms with Crippen molar-refractivity contribution in [2.45, 2.75) is 32.0 Å². The van der Waals surface area contributed by atoms with Crippen LogP contribution in [0.15, 0.2) is 35.4 Å². The van der Waals surface area contributed by atoms with Gasteiger partial charge in [0, 0.05) is 39.0 Å². The van der Waals surface area contributed by atoms with Gasteiger partial charge in [-0.1, -0.05) is 6.07 Å². The first-order valence-electron chi connectivity index (χ1n) is 8.55. The monoisotopic (exact) mass is 356 g/mol. The summed E-state index contributed by atoms with van der Waals surface area (Å²) in [4.78, 5) is 31.2. The van der Waals surface area contributed by atoms with Crippen molar-refractivity contribution in [3.05, 3.63) is 52.6 Å². The van der Waals surface area contributed by atoms with Gasteiger partial charge in [0.15, 0.2) is 5.82 Å². The first-order valence-corrected chi connectivity index (χ1v) is 8.55. The summed E-state index contributed by atoms with van der Waals surface area (Å²) in [5.41, 5.74) is 0.794. The molecule has 1 fully saturated rings. The van der Waals surface area contributed by atoms with E-state index in [1.165, 1.54) is 0 Å². The smallest absolute Gasteiger partial charge is 0.343 e. The largest absolute Gasteiger partial charge is 0.380 e. The number of aromatic amines is 1. The molecule has 1 saturated heterocycles. The lowest BCUT2D eigenvalue weighted by Gasteiger charge is -2.22. The zero-order valence-corrected chi connectivity index (χ0v) is 14.6. The van der Waals surface area contributed by atoms with Crippen molar-refractivity contribution in [2.75, 3.05) is 13.7 Å². The van der Waals surface area contributed by atoms with Crippen LogP contribution in [0.3, 0.4) is 0 Å². The number of nitrogens with zero attached hydrogens (tertiary/aromatic N) is 5. The van der Waals surface area contributed by atoms with Crippen LogP contribution in [0.4, 0.5) is 0 Å². The molecule has 0 aliphatic carbocycles. The third-order valence-corrected chi connectivity index (χ3v) is 4.84. The first-order chi connectivity index (χ1) is 12.6. The highest BCUT2D eigenvalue weighted by Crippen LogP contribution is 2.33. The van der Waals surface area contributed by atoms with Crippen LogP contribution >= 0.6 is 0 Å². The van der Waals surface area contributed by atoms with Crippen LogP contribution in [0, 0.1) is 0 Å². The molecule has 3 aromatic rings. The van der Waals surface area contributed by atoms with Crippen LogP contribution in [-0.4, -0.2) is 54.7 Å². The van der Waals surface area contributed by atoms with Crippen LogP contribution in [0.5, 0.6) is 0 Å². The van der Waals surface area contributed by atoms with E-state index in [1.54, 1.807) is 22.8 Å². The fourth-order valence-electron chi connectivity index (χ4n) is 3.51. The van der Waals surface area contributed by atoms with Crippen LogP contribution < -0.4 is 5.69 Å². The number of methoxy groups -OCH3 is 1. The second-order valence-electron chi connectivity index (χ2n) is 6.29. The Morgan fingerprint density at radius 1 is 1.42 bits per heavy atom. The van der Waals surface area contributed by atoms with Gasteiger partial charge in [-0.2, -0.15) is 5.10 Å². The number of imidazole rings is 1. The normalized spacial score (nSPS) is 20.2. The molecule has 0 spiro atoms. The van der Waals surface area contributed by atoms with Gasteiger partial charge in [0.2, 0.25) is 0 Å². The molecule has 0 aromatic carbocycles. The van der Waals surface area contributed by atoms with Crippen molar-refractivity contribution in [2.24, 2.45) is 0 Å². The summed E-state index contributed by atoms with van der Waals surface area (Å²) >= 11 is 0. The van der Waals surface area contributed by atoms with E-state index >= 15 is 0 Å². The molecule has 1 aliphatic rings. The molecule has 3 aromatic heterocycles. The predicted octanol–water partition coefficient (Wildman–Crippen LogP) is 0.841. The Balaban J connectivity index is 1.72. The summed E-state index contributed by atoms with van der Waals surface area (Å²) in [7, 11) is 1.62. The highest BCUT2D eigenvalue weighted by molar-refractivity contribution is 5.93. The van der Waals surface area contributed by atoms with Crippen molar-refractivity contribution < 1.29 is 9.53 Å². The van der Waals surface area contributed by atoms with Crippen LogP contribution in [-0.2, 0) is 11.3 Å². The van der Waals surface area contributed by atoms with Gasteiger partial charge in [-0.15, -0.1) is 0 Å². The number of carbonyl (C=O) groups is 1. The number of likely N-dealkylation sites (tertiary alicyclic amines) is 1. The molecule has 4 heterocycles. The number of pyridine rings is 1. The second kappa shape index (κ2) is 6.41. The molecule has 136 valence electrons. The quantitative estimate of drug-likeness (QED) is 0.747. The third kappa shape index (κ3) is 2.60. The van der Waals surface area contributed by atoms with E-state index in [-0.39, 0.29) is 23.7 Å². The molecule has 0 unspecified atom stereocenters. The second-order valence-corrected chi connectivity index (χ2v) is 6.29. The van der Waals surface area contributed by atoms with Crippen molar-refractivity contribution >= 4 is 11.6 Å². The van der Waals surface area contributed by atoms with E-state index in [4.69, 9.17) is 4.74 Å². The molecule has 1 amide bonds. The molecule has 1 N–H and O–H groups in total. The molecule has 9 heteroatoms. The standard InChI is InChI=1S/C17H20N6O3/c1-3-22-15(19-20-17(22)25)13-8-11(26-2)9-23(13)16(24)12-10-21-7-5-4-6-14(21)18-12/h4-7,10-11,13H,3,8-9H2,1-2H3,(H,20,25)/t11-,13-/m0/s1. The number of carbonyl (C=O) groups excluding carboxylic acids is 1. The minimum atomic E-state index is -0.337. The van der Waals surface area contributed by atoms with Gasteiger partial charge in [-0.3, -0.25) is 9.36 Å². The Kier molecular flexibility index (Phi) is 4.08. The summed E-state index contributed by atoms with van der Waals surface area (Å²) in [6.07, 6.45) is 4.03. The van der Waals surface area contributed by atoms with Crippen molar-refractivity contribution in [3.8, 4) is 0 Å². The summed E-state index contributed by atoms with van der Waals surface area (Å²) in [5, 5.41) is 6.63. The number of amides is 1. The predicted molar refractivity (Wildman–Crippen MR) is 92.9 cm³/mol. The molecule has 4 rings (SSSR count). The maximum absolute atomic E-state index is 13.1. The Labute approximate surface area is 149 Å². The van der Waals surface area contributed by atoms with Crippen molar-refractivity contribution in [1.82, 2.24) is 29.0 Å². The van der Waals surface area contributed by atoms with Gasteiger partial charge in [-0.05, 0) is 19.1 Å². The Hall–Kier alpha value is -2.94. The van der Waals surface area contributed by atoms with E-state index in [9.17, 15) is 9.59 Å². The zero-order valence-electron chi connectivity index (χ0n) is 14.6. The molecule has 0 bridgehead atoms. The van der Waals surface area contributed by atoms with Gasteiger partial charge >= 0.3 is 5.69 Å². The summed E-state index contributed by atoms with van der Waals surface area (Å²) in [5.74, 6) is 0.352. The van der Waals surface area contributed by atoms with E-state index in [0.29, 0.717) is 36.7 Å². The Bertz CT molecular complexity index is 970. The fraction of sp³-hybridized carbons (Fsp3) is 0.412. The van der Waals surface area contributed by atoms with E-state index in [0.717, 1.165) is 0 Å². The molecule has 0 radical (unpaired) electrons. The molecule has 2 atom stereocenters. The number of rotatable bonds is 4. The number of ether oxygens (including phenoxy) is 1. The zero-order chi connectivity index (χ0) is 18.3. The summed E-state index contributed by atoms with van der Waals surface area (Å²) in [6.45, 7) is 2.78. The van der Waals surface area contributed by atoms with Gasteiger partial charge < -0.3 is 14.0 Å². The Morgan fingerprint density at radius 2 is 2.27 bits per heavy atom. The van der Waals surface area contributed by atoms with E-state index < -0.39 is 0 Å². The topological polar surface area (TPSA) is 97.5 Å². The van der Waals surface area contributed by atoms with Crippen LogP contribution in [0.25, 0.3) is 5.65 Å². The summed E-state index contributed by atoms with van der Waals surface area (Å²) < 4.78 is 8.83. The van der Waals surface area contributed by atoms with Crippen LogP contribution in [0.1, 0.15) is 35.7 Å². The van der Waals surface area contributed by atoms with E-state index in [1.807, 2.05) is 35.7 Å². The molecule has 26 heavy (non-hydrogen) atoms. The number of nitrogens with one attached hydrogen (secondary N) is 1. The fourth-order valence-corrected chi connectivity index (χ4v) is 3.51. The van der Waals surface area contributed by atoms with Crippen molar-refractivity contribution in [3.63, 3.8) is 0 Å². The number of H-pyrrole nitrogens is 1.